The molecule has 2 aliphatic rings. The van der Waals surface area contributed by atoms with Crippen LogP contribution in [-0.2, 0) is 14.3 Å². The van der Waals surface area contributed by atoms with Crippen molar-refractivity contribution in [2.75, 3.05) is 55.8 Å². The lowest BCUT2D eigenvalue weighted by Crippen LogP contribution is -2.46. The first-order valence-corrected chi connectivity index (χ1v) is 13.1. The van der Waals surface area contributed by atoms with Gasteiger partial charge in [-0.25, -0.2) is 0 Å². The summed E-state index contributed by atoms with van der Waals surface area (Å²) in [5.41, 5.74) is 9.02. The molecule has 1 saturated heterocycles. The standard InChI is InChI=1S/C30H34N6O3/c31-21-23-7-12-25(13-8-23)34-30(38)29(33-15-16-36-17-19-39-20-18-36)24-10-5-22(6-11-24)9-14-28(37)35-27-4-2-1-3-26(27)32/h1-5,7-14,22,29,33H,6,15-20,32H2,(H,34,38)(H,35,37)/b14-9+. The number of morpholine rings is 1. The molecule has 2 aromatic carbocycles. The van der Waals surface area contributed by atoms with E-state index in [1.165, 1.54) is 6.08 Å². The number of carbonyl (C=O) groups excluding carboxylic acids is 2. The third-order valence-electron chi connectivity index (χ3n) is 6.63. The van der Waals surface area contributed by atoms with Crippen molar-refractivity contribution in [2.45, 2.75) is 12.5 Å². The minimum Gasteiger partial charge on any atom is -0.397 e. The molecule has 2 atom stereocenters. The second-order valence-corrected chi connectivity index (χ2v) is 9.42. The van der Waals surface area contributed by atoms with Crippen LogP contribution in [0.4, 0.5) is 17.1 Å². The third-order valence-corrected chi connectivity index (χ3v) is 6.63. The summed E-state index contributed by atoms with van der Waals surface area (Å²) in [5.74, 6) is -0.393. The predicted molar refractivity (Wildman–Crippen MR) is 153 cm³/mol. The van der Waals surface area contributed by atoms with Gasteiger partial charge in [-0.05, 0) is 60.4 Å². The topological polar surface area (TPSA) is 133 Å². The molecule has 0 bridgehead atoms. The van der Waals surface area contributed by atoms with E-state index in [1.807, 2.05) is 36.4 Å². The number of nitrogens with zero attached hydrogens (tertiary/aromatic N) is 2. The summed E-state index contributed by atoms with van der Waals surface area (Å²) in [4.78, 5) is 28.0. The van der Waals surface area contributed by atoms with Crippen LogP contribution >= 0.6 is 0 Å². The van der Waals surface area contributed by atoms with Gasteiger partial charge in [0, 0.05) is 31.9 Å². The van der Waals surface area contributed by atoms with Gasteiger partial charge in [0.2, 0.25) is 11.8 Å². The molecule has 1 aliphatic carbocycles. The molecule has 1 fully saturated rings. The molecule has 0 radical (unpaired) electrons. The molecular formula is C30H34N6O3. The van der Waals surface area contributed by atoms with E-state index in [-0.39, 0.29) is 17.7 Å². The summed E-state index contributed by atoms with van der Waals surface area (Å²) in [6.07, 6.45) is 9.99. The fraction of sp³-hybridized carbons (Fsp3) is 0.300. The molecule has 9 heteroatoms. The maximum Gasteiger partial charge on any atom is 0.248 e. The number of carbonyl (C=O) groups is 2. The highest BCUT2D eigenvalue weighted by Gasteiger charge is 2.23. The molecule has 0 spiro atoms. The molecule has 0 aromatic heterocycles. The van der Waals surface area contributed by atoms with Gasteiger partial charge < -0.3 is 26.4 Å². The van der Waals surface area contributed by atoms with Gasteiger partial charge in [0.1, 0.15) is 6.04 Å². The molecule has 5 N–H and O–H groups in total. The zero-order chi connectivity index (χ0) is 27.5. The number of hydrogen-bond donors (Lipinski definition) is 4. The molecule has 2 unspecified atom stereocenters. The Bertz CT molecular complexity index is 1270. The van der Waals surface area contributed by atoms with E-state index >= 15 is 0 Å². The van der Waals surface area contributed by atoms with Gasteiger partial charge in [-0.2, -0.15) is 5.26 Å². The minimum absolute atomic E-state index is 0.0307. The van der Waals surface area contributed by atoms with Crippen LogP contribution in [0.1, 0.15) is 12.0 Å². The molecule has 2 aromatic rings. The van der Waals surface area contributed by atoms with Crippen LogP contribution in [-0.4, -0.2) is 62.1 Å². The van der Waals surface area contributed by atoms with Gasteiger partial charge in [-0.3, -0.25) is 14.5 Å². The quantitative estimate of drug-likeness (QED) is 0.276. The number of amides is 2. The Morgan fingerprint density at radius 2 is 1.90 bits per heavy atom. The SMILES string of the molecule is N#Cc1ccc(NC(=O)C(NCCN2CCOCC2)C2=CCC(/C=C/C(=O)Nc3ccccc3N)C=C2)cc1. The summed E-state index contributed by atoms with van der Waals surface area (Å²) in [6.45, 7) is 4.66. The number of rotatable bonds is 10. The molecule has 4 rings (SSSR count). The second kappa shape index (κ2) is 14.1. The van der Waals surface area contributed by atoms with Gasteiger partial charge in [0.15, 0.2) is 0 Å². The second-order valence-electron chi connectivity index (χ2n) is 9.42. The lowest BCUT2D eigenvalue weighted by Gasteiger charge is -2.28. The Kier molecular flexibility index (Phi) is 10.0. The van der Waals surface area contributed by atoms with E-state index in [2.05, 4.69) is 26.9 Å². The third kappa shape index (κ3) is 8.38. The van der Waals surface area contributed by atoms with Crippen molar-refractivity contribution >= 4 is 28.9 Å². The number of nitriles is 1. The summed E-state index contributed by atoms with van der Waals surface area (Å²) in [7, 11) is 0. The molecule has 39 heavy (non-hydrogen) atoms. The Morgan fingerprint density at radius 1 is 1.13 bits per heavy atom. The first-order valence-electron chi connectivity index (χ1n) is 13.1. The first-order chi connectivity index (χ1) is 19.0. The number of hydrogen-bond acceptors (Lipinski definition) is 7. The van der Waals surface area contributed by atoms with Crippen molar-refractivity contribution in [3.8, 4) is 6.07 Å². The fourth-order valence-corrected chi connectivity index (χ4v) is 4.40. The molecule has 9 nitrogen and oxygen atoms in total. The zero-order valence-electron chi connectivity index (χ0n) is 21.8. The molecule has 0 saturated carbocycles. The van der Waals surface area contributed by atoms with Crippen LogP contribution in [0.25, 0.3) is 0 Å². The van der Waals surface area contributed by atoms with Crippen molar-refractivity contribution in [2.24, 2.45) is 5.92 Å². The van der Waals surface area contributed by atoms with Gasteiger partial charge >= 0.3 is 0 Å². The predicted octanol–water partition coefficient (Wildman–Crippen LogP) is 3.07. The fourth-order valence-electron chi connectivity index (χ4n) is 4.40. The van der Waals surface area contributed by atoms with E-state index < -0.39 is 6.04 Å². The van der Waals surface area contributed by atoms with Crippen molar-refractivity contribution < 1.29 is 14.3 Å². The number of nitrogens with one attached hydrogen (secondary N) is 3. The molecule has 202 valence electrons. The van der Waals surface area contributed by atoms with Gasteiger partial charge in [0.05, 0.1) is 36.2 Å². The summed E-state index contributed by atoms with van der Waals surface area (Å²) >= 11 is 0. The van der Waals surface area contributed by atoms with Crippen LogP contribution in [0.5, 0.6) is 0 Å². The van der Waals surface area contributed by atoms with Crippen molar-refractivity contribution in [3.05, 3.63) is 90.0 Å². The van der Waals surface area contributed by atoms with Crippen LogP contribution in [0.2, 0.25) is 0 Å². The lowest BCUT2D eigenvalue weighted by molar-refractivity contribution is -0.117. The van der Waals surface area contributed by atoms with Gasteiger partial charge in [-0.1, -0.05) is 36.4 Å². The summed E-state index contributed by atoms with van der Waals surface area (Å²) < 4.78 is 5.42. The maximum absolute atomic E-state index is 13.3. The highest BCUT2D eigenvalue weighted by molar-refractivity contribution is 6.01. The van der Waals surface area contributed by atoms with E-state index in [0.717, 1.165) is 38.4 Å². The number of nitrogens with two attached hydrogens (primary N) is 1. The van der Waals surface area contributed by atoms with Crippen LogP contribution in [0.15, 0.2) is 84.5 Å². The number of nitrogen functional groups attached to an aromatic ring is 1. The number of ether oxygens (including phenoxy) is 1. The summed E-state index contributed by atoms with van der Waals surface area (Å²) in [6, 6.07) is 15.5. The normalized spacial score (nSPS) is 18.2. The number of anilines is 3. The van der Waals surface area contributed by atoms with Crippen molar-refractivity contribution in [3.63, 3.8) is 0 Å². The Hall–Kier alpha value is -4.23. The maximum atomic E-state index is 13.3. The first kappa shape index (κ1) is 27.8. The average molecular weight is 527 g/mol. The zero-order valence-corrected chi connectivity index (χ0v) is 21.8. The molecule has 2 amide bonds. The number of allylic oxidation sites excluding steroid dienone is 3. The minimum atomic E-state index is -0.549. The van der Waals surface area contributed by atoms with Crippen LogP contribution < -0.4 is 21.7 Å². The Labute approximate surface area is 229 Å². The molecule has 1 heterocycles. The number of para-hydroxylation sites is 2. The lowest BCUT2D eigenvalue weighted by atomic mass is 9.92. The van der Waals surface area contributed by atoms with Crippen molar-refractivity contribution in [1.29, 1.82) is 5.26 Å². The monoisotopic (exact) mass is 526 g/mol. The van der Waals surface area contributed by atoms with Crippen LogP contribution in [0, 0.1) is 17.2 Å². The molecule has 1 aliphatic heterocycles. The largest absolute Gasteiger partial charge is 0.397 e. The highest BCUT2D eigenvalue weighted by Crippen LogP contribution is 2.22. The van der Waals surface area contributed by atoms with E-state index in [4.69, 9.17) is 15.7 Å². The average Bonchev–Trinajstić information content (AvgIpc) is 2.97. The van der Waals surface area contributed by atoms with Crippen molar-refractivity contribution in [1.82, 2.24) is 10.2 Å². The van der Waals surface area contributed by atoms with E-state index in [1.54, 1.807) is 36.4 Å². The Balaban J connectivity index is 1.37. The van der Waals surface area contributed by atoms with Gasteiger partial charge in [-0.15, -0.1) is 0 Å². The highest BCUT2D eigenvalue weighted by atomic mass is 16.5. The smallest absolute Gasteiger partial charge is 0.248 e. The van der Waals surface area contributed by atoms with E-state index in [0.29, 0.717) is 35.6 Å². The molecular weight excluding hydrogens is 492 g/mol. The summed E-state index contributed by atoms with van der Waals surface area (Å²) in [5, 5.41) is 18.2. The van der Waals surface area contributed by atoms with Gasteiger partial charge in [0.25, 0.3) is 0 Å². The number of benzene rings is 2. The Morgan fingerprint density at radius 3 is 2.59 bits per heavy atom. The van der Waals surface area contributed by atoms with E-state index in [9.17, 15) is 9.59 Å². The van der Waals surface area contributed by atoms with Crippen LogP contribution in [0.3, 0.4) is 0 Å².